The predicted octanol–water partition coefficient (Wildman–Crippen LogP) is 2.76. The van der Waals surface area contributed by atoms with Crippen LogP contribution in [0.3, 0.4) is 0 Å². The summed E-state index contributed by atoms with van der Waals surface area (Å²) >= 11 is 0. The van der Waals surface area contributed by atoms with E-state index in [2.05, 4.69) is 13.8 Å². The predicted molar refractivity (Wildman–Crippen MR) is 114 cm³/mol. The Balaban J connectivity index is 1.84. The summed E-state index contributed by atoms with van der Waals surface area (Å²) < 4.78 is 10.7. The van der Waals surface area contributed by atoms with E-state index in [1.807, 2.05) is 25.1 Å². The Labute approximate surface area is 179 Å². The van der Waals surface area contributed by atoms with Crippen LogP contribution in [-0.2, 0) is 19.1 Å². The van der Waals surface area contributed by atoms with Crippen molar-refractivity contribution in [2.75, 3.05) is 39.9 Å². The summed E-state index contributed by atoms with van der Waals surface area (Å²) in [6.45, 7) is 9.17. The zero-order valence-corrected chi connectivity index (χ0v) is 18.8. The summed E-state index contributed by atoms with van der Waals surface area (Å²) in [7, 11) is 1.59. The monoisotopic (exact) mass is 418 g/mol. The first-order valence-electron chi connectivity index (χ1n) is 10.6. The molecule has 7 nitrogen and oxygen atoms in total. The number of likely N-dealkylation sites (tertiary alicyclic amines) is 1. The minimum atomic E-state index is -0.288. The van der Waals surface area contributed by atoms with Gasteiger partial charge in [0.15, 0.2) is 6.61 Å². The number of hydrogen-bond acceptors (Lipinski definition) is 5. The Morgan fingerprint density at radius 2 is 2.00 bits per heavy atom. The third-order valence-corrected chi connectivity index (χ3v) is 5.42. The van der Waals surface area contributed by atoms with Crippen LogP contribution >= 0.6 is 0 Å². The molecule has 7 heteroatoms. The second-order valence-electron chi connectivity index (χ2n) is 8.14. The molecule has 1 aromatic carbocycles. The van der Waals surface area contributed by atoms with Crippen molar-refractivity contribution in [2.45, 2.75) is 46.5 Å². The summed E-state index contributed by atoms with van der Waals surface area (Å²) in [5, 5.41) is 0. The molecule has 30 heavy (non-hydrogen) atoms. The fourth-order valence-electron chi connectivity index (χ4n) is 3.69. The van der Waals surface area contributed by atoms with Crippen molar-refractivity contribution in [3.63, 3.8) is 0 Å². The lowest BCUT2D eigenvalue weighted by molar-refractivity contribution is -0.152. The van der Waals surface area contributed by atoms with Gasteiger partial charge in [-0.25, -0.2) is 0 Å². The molecule has 1 aliphatic heterocycles. The number of aryl methyl sites for hydroxylation is 1. The fraction of sp³-hybridized carbons (Fsp3) is 0.609. The van der Waals surface area contributed by atoms with E-state index in [4.69, 9.17) is 9.47 Å². The SMILES string of the molecule is CCOC(=O)C1CCCN(C(=O)CN(C)C(=O)COc2ccc(C(C)C)c(C)c2)C1. The molecular weight excluding hydrogens is 384 g/mol. The zero-order chi connectivity index (χ0) is 22.3. The first-order chi connectivity index (χ1) is 14.2. The van der Waals surface area contributed by atoms with Gasteiger partial charge >= 0.3 is 5.97 Å². The van der Waals surface area contributed by atoms with Gasteiger partial charge in [-0.3, -0.25) is 14.4 Å². The maximum absolute atomic E-state index is 12.6. The molecule has 1 fully saturated rings. The highest BCUT2D eigenvalue weighted by Crippen LogP contribution is 2.23. The van der Waals surface area contributed by atoms with E-state index in [9.17, 15) is 14.4 Å². The third kappa shape index (κ3) is 6.47. The maximum Gasteiger partial charge on any atom is 0.310 e. The molecule has 1 saturated heterocycles. The molecule has 0 saturated carbocycles. The van der Waals surface area contributed by atoms with Crippen LogP contribution in [0.5, 0.6) is 5.75 Å². The minimum absolute atomic E-state index is 0.0386. The van der Waals surface area contributed by atoms with Crippen LogP contribution < -0.4 is 4.74 Å². The Bertz CT molecular complexity index is 762. The number of nitrogens with zero attached hydrogens (tertiary/aromatic N) is 2. The van der Waals surface area contributed by atoms with Crippen molar-refractivity contribution in [1.29, 1.82) is 0 Å². The first-order valence-corrected chi connectivity index (χ1v) is 10.6. The molecule has 0 aliphatic carbocycles. The standard InChI is InChI=1S/C23H34N2O5/c1-6-29-23(28)18-8-7-11-25(13-18)21(26)14-24(5)22(27)15-30-19-9-10-20(16(2)3)17(4)12-19/h9-10,12,16,18H,6-8,11,13-15H2,1-5H3. The Morgan fingerprint density at radius 1 is 1.27 bits per heavy atom. The molecular formula is C23H34N2O5. The highest BCUT2D eigenvalue weighted by atomic mass is 16.5. The topological polar surface area (TPSA) is 76.2 Å². The Morgan fingerprint density at radius 3 is 2.63 bits per heavy atom. The number of amides is 2. The van der Waals surface area contributed by atoms with Crippen molar-refractivity contribution in [3.05, 3.63) is 29.3 Å². The van der Waals surface area contributed by atoms with Crippen LogP contribution in [0, 0.1) is 12.8 Å². The number of benzene rings is 1. The summed E-state index contributed by atoms with van der Waals surface area (Å²) in [6.07, 6.45) is 1.47. The molecule has 0 N–H and O–H groups in total. The second-order valence-corrected chi connectivity index (χ2v) is 8.14. The van der Waals surface area contributed by atoms with Gasteiger partial charge in [0, 0.05) is 20.1 Å². The van der Waals surface area contributed by atoms with E-state index in [1.165, 1.54) is 10.5 Å². The smallest absolute Gasteiger partial charge is 0.310 e. The fourth-order valence-corrected chi connectivity index (χ4v) is 3.69. The van der Waals surface area contributed by atoms with Gasteiger partial charge < -0.3 is 19.3 Å². The van der Waals surface area contributed by atoms with Crippen LogP contribution in [0.1, 0.15) is 50.7 Å². The van der Waals surface area contributed by atoms with Crippen molar-refractivity contribution < 1.29 is 23.9 Å². The van der Waals surface area contributed by atoms with Gasteiger partial charge in [0.2, 0.25) is 5.91 Å². The quantitative estimate of drug-likeness (QED) is 0.607. The molecule has 1 heterocycles. The van der Waals surface area contributed by atoms with Gasteiger partial charge in [-0.1, -0.05) is 19.9 Å². The van der Waals surface area contributed by atoms with Gasteiger partial charge in [0.25, 0.3) is 5.91 Å². The van der Waals surface area contributed by atoms with Crippen LogP contribution in [0.25, 0.3) is 0 Å². The van der Waals surface area contributed by atoms with Gasteiger partial charge in [-0.15, -0.1) is 0 Å². The number of hydrogen-bond donors (Lipinski definition) is 0. The number of carbonyl (C=O) groups excluding carboxylic acids is 3. The molecule has 2 rings (SSSR count). The minimum Gasteiger partial charge on any atom is -0.484 e. The maximum atomic E-state index is 12.6. The van der Waals surface area contributed by atoms with Crippen molar-refractivity contribution >= 4 is 17.8 Å². The zero-order valence-electron chi connectivity index (χ0n) is 18.8. The largest absolute Gasteiger partial charge is 0.484 e. The van der Waals surface area contributed by atoms with Gasteiger partial charge in [0.1, 0.15) is 5.75 Å². The van der Waals surface area contributed by atoms with E-state index in [-0.39, 0.29) is 36.9 Å². The van der Waals surface area contributed by atoms with Crippen LogP contribution in [0.2, 0.25) is 0 Å². The highest BCUT2D eigenvalue weighted by molar-refractivity contribution is 5.85. The molecule has 1 unspecified atom stereocenters. The van der Waals surface area contributed by atoms with E-state index in [1.54, 1.807) is 18.9 Å². The number of carbonyl (C=O) groups is 3. The molecule has 0 spiro atoms. The lowest BCUT2D eigenvalue weighted by atomic mass is 9.98. The molecule has 166 valence electrons. The molecule has 1 atom stereocenters. The van der Waals surface area contributed by atoms with Crippen molar-refractivity contribution in [1.82, 2.24) is 9.80 Å². The molecule has 2 amide bonds. The number of likely N-dealkylation sites (N-methyl/N-ethyl adjacent to an activating group) is 1. The van der Waals surface area contributed by atoms with Crippen molar-refractivity contribution in [3.8, 4) is 5.75 Å². The number of esters is 1. The number of rotatable bonds is 8. The van der Waals surface area contributed by atoms with Crippen LogP contribution in [-0.4, -0.2) is 67.5 Å². The Kier molecular flexibility index (Phi) is 8.69. The summed E-state index contributed by atoms with van der Waals surface area (Å²) in [5.74, 6) is 0.0786. The Hall–Kier alpha value is -2.57. The van der Waals surface area contributed by atoms with Gasteiger partial charge in [0.05, 0.1) is 19.1 Å². The lowest BCUT2D eigenvalue weighted by Crippen LogP contribution is -2.47. The average molecular weight is 419 g/mol. The summed E-state index contributed by atoms with van der Waals surface area (Å²) in [6, 6.07) is 5.81. The number of ether oxygens (including phenoxy) is 2. The number of piperidine rings is 1. The van der Waals surface area contributed by atoms with Gasteiger partial charge in [-0.05, 0) is 55.9 Å². The molecule has 1 aliphatic rings. The normalized spacial score (nSPS) is 16.3. The lowest BCUT2D eigenvalue weighted by Gasteiger charge is -2.32. The molecule has 0 radical (unpaired) electrons. The van der Waals surface area contributed by atoms with E-state index >= 15 is 0 Å². The third-order valence-electron chi connectivity index (χ3n) is 5.42. The van der Waals surface area contributed by atoms with Crippen molar-refractivity contribution in [2.24, 2.45) is 5.92 Å². The van der Waals surface area contributed by atoms with Crippen LogP contribution in [0.15, 0.2) is 18.2 Å². The molecule has 0 aromatic heterocycles. The highest BCUT2D eigenvalue weighted by Gasteiger charge is 2.30. The van der Waals surface area contributed by atoms with Crippen LogP contribution in [0.4, 0.5) is 0 Å². The molecule has 1 aromatic rings. The first kappa shape index (κ1) is 23.7. The second kappa shape index (κ2) is 11.0. The van der Waals surface area contributed by atoms with E-state index < -0.39 is 0 Å². The van der Waals surface area contributed by atoms with E-state index in [0.29, 0.717) is 31.4 Å². The van der Waals surface area contributed by atoms with E-state index in [0.717, 1.165) is 18.4 Å². The summed E-state index contributed by atoms with van der Waals surface area (Å²) in [5.41, 5.74) is 2.37. The van der Waals surface area contributed by atoms with Gasteiger partial charge in [-0.2, -0.15) is 0 Å². The average Bonchev–Trinajstić information content (AvgIpc) is 2.71. The summed E-state index contributed by atoms with van der Waals surface area (Å²) in [4.78, 5) is 40.0. The molecule has 0 bridgehead atoms.